The van der Waals surface area contributed by atoms with E-state index in [0.717, 1.165) is 25.3 Å². The number of benzene rings is 1. The number of carbonyl (C=O) groups is 1. The molecule has 3 aromatic rings. The minimum Gasteiger partial charge on any atom is -0.358 e. The van der Waals surface area contributed by atoms with E-state index in [4.69, 9.17) is 0 Å². The molecule has 2 aromatic heterocycles. The fourth-order valence-electron chi connectivity index (χ4n) is 5.30. The summed E-state index contributed by atoms with van der Waals surface area (Å²) in [6, 6.07) is 13.8. The predicted octanol–water partition coefficient (Wildman–Crippen LogP) is 4.02. The Morgan fingerprint density at radius 3 is 2.71 bits per heavy atom. The molecule has 1 saturated carbocycles. The van der Waals surface area contributed by atoms with E-state index in [0.29, 0.717) is 17.7 Å². The lowest BCUT2D eigenvalue weighted by Crippen LogP contribution is -2.46. The van der Waals surface area contributed by atoms with Crippen LogP contribution in [0, 0.1) is 5.92 Å². The van der Waals surface area contributed by atoms with Crippen LogP contribution in [0.25, 0.3) is 5.82 Å². The summed E-state index contributed by atoms with van der Waals surface area (Å²) in [6.45, 7) is 1.57. The molecule has 35 heavy (non-hydrogen) atoms. The molecule has 0 radical (unpaired) electrons. The van der Waals surface area contributed by atoms with Gasteiger partial charge in [-0.15, -0.1) is 0 Å². The Bertz CT molecular complexity index is 1120. The second-order valence-electron chi connectivity index (χ2n) is 9.60. The van der Waals surface area contributed by atoms with Crippen LogP contribution in [0.3, 0.4) is 0 Å². The van der Waals surface area contributed by atoms with E-state index in [9.17, 15) is 4.79 Å². The van der Waals surface area contributed by atoms with Crippen LogP contribution in [-0.4, -0.2) is 40.1 Å². The molecule has 5 rings (SSSR count). The maximum atomic E-state index is 13.7. The van der Waals surface area contributed by atoms with Crippen molar-refractivity contribution in [2.24, 2.45) is 5.92 Å². The number of hydrogen-bond acceptors (Lipinski definition) is 6. The molecule has 0 saturated heterocycles. The quantitative estimate of drug-likeness (QED) is 0.395. The molecule has 4 N–H and O–H groups in total. The zero-order chi connectivity index (χ0) is 24.0. The minimum absolute atomic E-state index is 0.0196. The standard InChI is InChI=1S/C27H35N7O/c1-28-27-32-24(16-25(33-27)34-13-7-8-14-34)30-22(15-19-9-3-2-4-10-19)26(35)31-23-18-29-17-20-11-5-6-12-21(20)23/h5-8,11-14,16,19,22-23,29H,2-4,9-10,15,17-18H2,1H3,(H,31,35)(H2,28,30,32,33)/t22-,23-/m1/s1. The molecule has 1 aliphatic carbocycles. The lowest BCUT2D eigenvalue weighted by Gasteiger charge is -2.31. The van der Waals surface area contributed by atoms with Crippen LogP contribution in [0.5, 0.6) is 0 Å². The van der Waals surface area contributed by atoms with Gasteiger partial charge in [0.2, 0.25) is 11.9 Å². The van der Waals surface area contributed by atoms with E-state index in [-0.39, 0.29) is 18.0 Å². The zero-order valence-electron chi connectivity index (χ0n) is 20.3. The topological polar surface area (TPSA) is 95.9 Å². The molecule has 3 heterocycles. The summed E-state index contributed by atoms with van der Waals surface area (Å²) in [6.07, 6.45) is 10.8. The van der Waals surface area contributed by atoms with Crippen LogP contribution in [0.4, 0.5) is 11.8 Å². The summed E-state index contributed by atoms with van der Waals surface area (Å²) in [5.74, 6) is 2.47. The van der Waals surface area contributed by atoms with E-state index in [2.05, 4.69) is 49.4 Å². The van der Waals surface area contributed by atoms with E-state index in [1.54, 1.807) is 7.05 Å². The van der Waals surface area contributed by atoms with Gasteiger partial charge in [-0.25, -0.2) is 0 Å². The molecular weight excluding hydrogens is 438 g/mol. The number of nitrogens with one attached hydrogen (secondary N) is 4. The summed E-state index contributed by atoms with van der Waals surface area (Å²) in [5.41, 5.74) is 2.44. The lowest BCUT2D eigenvalue weighted by molar-refractivity contribution is -0.123. The van der Waals surface area contributed by atoms with Crippen LogP contribution in [0.15, 0.2) is 54.9 Å². The van der Waals surface area contributed by atoms with Crippen LogP contribution < -0.4 is 21.3 Å². The minimum atomic E-state index is -0.371. The van der Waals surface area contributed by atoms with Crippen molar-refractivity contribution in [3.05, 3.63) is 66.0 Å². The monoisotopic (exact) mass is 473 g/mol. The Morgan fingerprint density at radius 1 is 1.11 bits per heavy atom. The highest BCUT2D eigenvalue weighted by atomic mass is 16.2. The van der Waals surface area contributed by atoms with Crippen molar-refractivity contribution in [1.82, 2.24) is 25.2 Å². The molecule has 0 unspecified atom stereocenters. The second kappa shape index (κ2) is 10.9. The average Bonchev–Trinajstić information content (AvgIpc) is 3.44. The molecule has 184 valence electrons. The molecule has 1 aliphatic heterocycles. The highest BCUT2D eigenvalue weighted by Crippen LogP contribution is 2.29. The number of rotatable bonds is 8. The summed E-state index contributed by atoms with van der Waals surface area (Å²) in [7, 11) is 1.80. The lowest BCUT2D eigenvalue weighted by atomic mass is 9.84. The molecule has 8 nitrogen and oxygen atoms in total. The first-order valence-electron chi connectivity index (χ1n) is 12.7. The Kier molecular flexibility index (Phi) is 7.28. The molecule has 1 aromatic carbocycles. The third kappa shape index (κ3) is 5.65. The smallest absolute Gasteiger partial charge is 0.243 e. The van der Waals surface area contributed by atoms with Gasteiger partial charge in [-0.05, 0) is 35.6 Å². The number of anilines is 2. The van der Waals surface area contributed by atoms with Gasteiger partial charge in [0, 0.05) is 38.6 Å². The molecule has 2 atom stereocenters. The molecular formula is C27H35N7O. The van der Waals surface area contributed by atoms with Crippen LogP contribution >= 0.6 is 0 Å². The number of aromatic nitrogens is 3. The van der Waals surface area contributed by atoms with Gasteiger partial charge in [0.25, 0.3) is 0 Å². The van der Waals surface area contributed by atoms with Gasteiger partial charge in [-0.3, -0.25) is 4.79 Å². The number of hydrogen-bond donors (Lipinski definition) is 4. The van der Waals surface area contributed by atoms with Crippen LogP contribution in [-0.2, 0) is 11.3 Å². The van der Waals surface area contributed by atoms with Gasteiger partial charge in [-0.1, -0.05) is 56.4 Å². The Labute approximate surface area is 206 Å². The first-order chi connectivity index (χ1) is 17.2. The number of nitrogens with zero attached hydrogens (tertiary/aromatic N) is 3. The largest absolute Gasteiger partial charge is 0.358 e. The normalized spacial score (nSPS) is 18.9. The van der Waals surface area contributed by atoms with E-state index < -0.39 is 0 Å². The van der Waals surface area contributed by atoms with Gasteiger partial charge in [0.15, 0.2) is 0 Å². The number of fused-ring (bicyclic) bond motifs is 1. The van der Waals surface area contributed by atoms with E-state index in [1.165, 1.54) is 43.2 Å². The van der Waals surface area contributed by atoms with Crippen LogP contribution in [0.1, 0.15) is 55.7 Å². The zero-order valence-corrected chi connectivity index (χ0v) is 20.3. The molecule has 2 aliphatic rings. The van der Waals surface area contributed by atoms with Crippen molar-refractivity contribution in [2.75, 3.05) is 24.2 Å². The second-order valence-corrected chi connectivity index (χ2v) is 9.60. The maximum absolute atomic E-state index is 13.7. The summed E-state index contributed by atoms with van der Waals surface area (Å²) >= 11 is 0. The van der Waals surface area contributed by atoms with E-state index >= 15 is 0 Å². The SMILES string of the molecule is CNc1nc(N[C@H](CC2CCCCC2)C(=O)N[C@@H]2CNCc3ccccc32)cc(-n2cccc2)n1. The summed E-state index contributed by atoms with van der Waals surface area (Å²) in [5, 5.41) is 13.3. The van der Waals surface area contributed by atoms with Crippen LogP contribution in [0.2, 0.25) is 0 Å². The van der Waals surface area contributed by atoms with Crippen molar-refractivity contribution in [3.8, 4) is 5.82 Å². The highest BCUT2D eigenvalue weighted by Gasteiger charge is 2.28. The maximum Gasteiger partial charge on any atom is 0.243 e. The predicted molar refractivity (Wildman–Crippen MR) is 139 cm³/mol. The molecule has 0 bridgehead atoms. The van der Waals surface area contributed by atoms with Crippen molar-refractivity contribution in [3.63, 3.8) is 0 Å². The highest BCUT2D eigenvalue weighted by molar-refractivity contribution is 5.85. The van der Waals surface area contributed by atoms with E-state index in [1.807, 2.05) is 41.2 Å². The number of carbonyl (C=O) groups excluding carboxylic acids is 1. The van der Waals surface area contributed by atoms with Gasteiger partial charge in [-0.2, -0.15) is 9.97 Å². The summed E-state index contributed by atoms with van der Waals surface area (Å²) < 4.78 is 1.94. The van der Waals surface area contributed by atoms with Gasteiger partial charge < -0.3 is 25.8 Å². The van der Waals surface area contributed by atoms with Crippen molar-refractivity contribution >= 4 is 17.7 Å². The van der Waals surface area contributed by atoms with Crippen molar-refractivity contribution in [1.29, 1.82) is 0 Å². The van der Waals surface area contributed by atoms with Gasteiger partial charge in [0.1, 0.15) is 17.7 Å². The van der Waals surface area contributed by atoms with Gasteiger partial charge >= 0.3 is 0 Å². The molecule has 0 spiro atoms. The fourth-order valence-corrected chi connectivity index (χ4v) is 5.30. The number of amides is 1. The third-order valence-corrected chi connectivity index (χ3v) is 7.15. The first-order valence-corrected chi connectivity index (χ1v) is 12.7. The Hall–Kier alpha value is -3.39. The Balaban J connectivity index is 1.38. The van der Waals surface area contributed by atoms with Gasteiger partial charge in [0.05, 0.1) is 6.04 Å². The third-order valence-electron chi connectivity index (χ3n) is 7.15. The Morgan fingerprint density at radius 2 is 1.91 bits per heavy atom. The summed E-state index contributed by atoms with van der Waals surface area (Å²) in [4.78, 5) is 22.9. The molecule has 1 amide bonds. The molecule has 1 fully saturated rings. The fraction of sp³-hybridized carbons (Fsp3) is 0.444. The first kappa shape index (κ1) is 23.4. The van der Waals surface area contributed by atoms with Crippen molar-refractivity contribution < 1.29 is 4.79 Å². The molecule has 8 heteroatoms. The van der Waals surface area contributed by atoms with Crippen molar-refractivity contribution in [2.45, 2.75) is 57.2 Å². The average molecular weight is 474 g/mol.